The summed E-state index contributed by atoms with van der Waals surface area (Å²) in [7, 11) is 0. The zero-order valence-electron chi connectivity index (χ0n) is 16.3. The molecule has 8 heteroatoms. The van der Waals surface area contributed by atoms with Crippen LogP contribution in [-0.4, -0.2) is 35.7 Å². The van der Waals surface area contributed by atoms with Crippen molar-refractivity contribution in [1.82, 2.24) is 4.90 Å². The van der Waals surface area contributed by atoms with Crippen LogP contribution in [0.25, 0.3) is 0 Å². The van der Waals surface area contributed by atoms with E-state index in [9.17, 15) is 23.1 Å². The molecule has 3 rings (SSSR count). The molecule has 0 unspecified atom stereocenters. The van der Waals surface area contributed by atoms with E-state index < -0.39 is 22.8 Å². The minimum Gasteiger partial charge on any atom is -0.396 e. The van der Waals surface area contributed by atoms with Crippen LogP contribution in [0.5, 0.6) is 0 Å². The Balaban J connectivity index is 1.58. The van der Waals surface area contributed by atoms with E-state index in [1.807, 2.05) is 18.2 Å². The molecule has 2 amide bonds. The number of aliphatic hydroxyl groups is 1. The fourth-order valence-corrected chi connectivity index (χ4v) is 4.10. The average molecular weight is 441 g/mol. The molecule has 1 heterocycles. The number of halogens is 4. The molecular formula is C22H24ClF3N2O2. The lowest BCUT2D eigenvalue weighted by molar-refractivity contribution is -0.137. The number of urea groups is 1. The molecule has 1 aliphatic heterocycles. The maximum absolute atomic E-state index is 13.0. The SMILES string of the molecule is O=C(Nc1ccc(Cl)c(C(F)(F)F)c1)N1C[C@@H](CCCc2ccccc2)[C@@H](CO)C1. The Labute approximate surface area is 178 Å². The van der Waals surface area contributed by atoms with Gasteiger partial charge in [0.05, 0.1) is 10.6 Å². The first-order valence-corrected chi connectivity index (χ1v) is 10.2. The molecule has 2 aromatic carbocycles. The third kappa shape index (κ3) is 5.67. The summed E-state index contributed by atoms with van der Waals surface area (Å²) in [5, 5.41) is 11.8. The lowest BCUT2D eigenvalue weighted by Gasteiger charge is -2.18. The van der Waals surface area contributed by atoms with Gasteiger partial charge in [-0.3, -0.25) is 0 Å². The third-order valence-corrected chi connectivity index (χ3v) is 5.83. The van der Waals surface area contributed by atoms with Crippen LogP contribution < -0.4 is 5.32 Å². The zero-order valence-corrected chi connectivity index (χ0v) is 17.1. The van der Waals surface area contributed by atoms with Gasteiger partial charge in [0.25, 0.3) is 0 Å². The summed E-state index contributed by atoms with van der Waals surface area (Å²) < 4.78 is 39.1. The van der Waals surface area contributed by atoms with Crippen molar-refractivity contribution in [1.29, 1.82) is 0 Å². The summed E-state index contributed by atoms with van der Waals surface area (Å²) in [5.74, 6) is 0.114. The van der Waals surface area contributed by atoms with Crippen molar-refractivity contribution in [2.75, 3.05) is 25.0 Å². The highest BCUT2D eigenvalue weighted by molar-refractivity contribution is 6.31. The van der Waals surface area contributed by atoms with Gasteiger partial charge >= 0.3 is 12.2 Å². The molecule has 1 saturated heterocycles. The van der Waals surface area contributed by atoms with Crippen LogP contribution in [0.3, 0.4) is 0 Å². The van der Waals surface area contributed by atoms with Crippen molar-refractivity contribution in [2.24, 2.45) is 11.8 Å². The average Bonchev–Trinajstić information content (AvgIpc) is 3.13. The fraction of sp³-hybridized carbons (Fsp3) is 0.409. The number of amides is 2. The first kappa shape index (κ1) is 22.4. The topological polar surface area (TPSA) is 52.6 Å². The monoisotopic (exact) mass is 440 g/mol. The van der Waals surface area contributed by atoms with E-state index in [0.717, 1.165) is 31.4 Å². The lowest BCUT2D eigenvalue weighted by Crippen LogP contribution is -2.33. The van der Waals surface area contributed by atoms with Crippen molar-refractivity contribution in [3.8, 4) is 0 Å². The van der Waals surface area contributed by atoms with Crippen molar-refractivity contribution in [2.45, 2.75) is 25.4 Å². The molecule has 162 valence electrons. The van der Waals surface area contributed by atoms with E-state index in [1.54, 1.807) is 4.90 Å². The van der Waals surface area contributed by atoms with Gasteiger partial charge in [-0.1, -0.05) is 41.9 Å². The molecule has 1 fully saturated rings. The van der Waals surface area contributed by atoms with Crippen LogP contribution in [0.15, 0.2) is 48.5 Å². The van der Waals surface area contributed by atoms with Gasteiger partial charge in [0.1, 0.15) is 0 Å². The van der Waals surface area contributed by atoms with E-state index in [2.05, 4.69) is 17.4 Å². The Kier molecular flexibility index (Phi) is 7.26. The van der Waals surface area contributed by atoms with E-state index in [1.165, 1.54) is 11.6 Å². The van der Waals surface area contributed by atoms with Gasteiger partial charge in [-0.05, 0) is 48.9 Å². The first-order chi connectivity index (χ1) is 14.3. The van der Waals surface area contributed by atoms with Gasteiger partial charge in [-0.2, -0.15) is 13.2 Å². The normalized spacial score (nSPS) is 19.2. The molecule has 4 nitrogen and oxygen atoms in total. The molecule has 30 heavy (non-hydrogen) atoms. The number of aliphatic hydroxyl groups excluding tert-OH is 1. The second-order valence-electron chi connectivity index (χ2n) is 7.61. The van der Waals surface area contributed by atoms with Crippen molar-refractivity contribution in [3.63, 3.8) is 0 Å². The highest BCUT2D eigenvalue weighted by Crippen LogP contribution is 2.36. The number of rotatable bonds is 6. The number of nitrogens with zero attached hydrogens (tertiary/aromatic N) is 1. The number of hydrogen-bond acceptors (Lipinski definition) is 2. The lowest BCUT2D eigenvalue weighted by atomic mass is 9.91. The number of aryl methyl sites for hydroxylation is 1. The molecule has 0 spiro atoms. The Hall–Kier alpha value is -2.25. The molecule has 0 aliphatic carbocycles. The van der Waals surface area contributed by atoms with Crippen LogP contribution in [0.2, 0.25) is 5.02 Å². The van der Waals surface area contributed by atoms with Crippen LogP contribution >= 0.6 is 11.6 Å². The van der Waals surface area contributed by atoms with Crippen molar-refractivity contribution in [3.05, 3.63) is 64.7 Å². The molecule has 1 aliphatic rings. The number of hydrogen-bond donors (Lipinski definition) is 2. The Morgan fingerprint density at radius 3 is 2.50 bits per heavy atom. The van der Waals surface area contributed by atoms with Crippen molar-refractivity contribution >= 4 is 23.3 Å². The predicted octanol–water partition coefficient (Wildman–Crippen LogP) is 5.45. The van der Waals surface area contributed by atoms with Gasteiger partial charge in [-0.25, -0.2) is 4.79 Å². The highest BCUT2D eigenvalue weighted by Gasteiger charge is 2.36. The maximum Gasteiger partial charge on any atom is 0.417 e. The number of carbonyl (C=O) groups is 1. The number of nitrogens with one attached hydrogen (secondary N) is 1. The second kappa shape index (κ2) is 9.71. The Bertz CT molecular complexity index is 861. The minimum atomic E-state index is -4.60. The Morgan fingerprint density at radius 1 is 1.13 bits per heavy atom. The van der Waals surface area contributed by atoms with Gasteiger partial charge in [0.2, 0.25) is 0 Å². The van der Waals surface area contributed by atoms with Crippen LogP contribution in [0.1, 0.15) is 24.0 Å². The highest BCUT2D eigenvalue weighted by atomic mass is 35.5. The van der Waals surface area contributed by atoms with E-state index in [4.69, 9.17) is 11.6 Å². The van der Waals surface area contributed by atoms with Gasteiger partial charge in [0, 0.05) is 31.3 Å². The van der Waals surface area contributed by atoms with Gasteiger partial charge < -0.3 is 15.3 Å². The largest absolute Gasteiger partial charge is 0.417 e. The molecule has 0 saturated carbocycles. The van der Waals surface area contributed by atoms with Crippen LogP contribution in [0, 0.1) is 11.8 Å². The number of benzene rings is 2. The van der Waals surface area contributed by atoms with Crippen LogP contribution in [-0.2, 0) is 12.6 Å². The molecule has 0 bridgehead atoms. The molecule has 2 N–H and O–H groups in total. The molecule has 0 radical (unpaired) electrons. The maximum atomic E-state index is 13.0. The summed E-state index contributed by atoms with van der Waals surface area (Å²) in [4.78, 5) is 14.1. The second-order valence-corrected chi connectivity index (χ2v) is 8.02. The summed E-state index contributed by atoms with van der Waals surface area (Å²) in [5.41, 5.74) is 0.286. The quantitative estimate of drug-likeness (QED) is 0.627. The number of carbonyl (C=O) groups excluding carboxylic acids is 1. The summed E-state index contributed by atoms with van der Waals surface area (Å²) in [6.07, 6.45) is -1.88. The molecule has 2 atom stereocenters. The summed E-state index contributed by atoms with van der Waals surface area (Å²) >= 11 is 5.62. The summed E-state index contributed by atoms with van der Waals surface area (Å²) in [6.45, 7) is 0.808. The van der Waals surface area contributed by atoms with Crippen molar-refractivity contribution < 1.29 is 23.1 Å². The zero-order chi connectivity index (χ0) is 21.7. The number of anilines is 1. The number of alkyl halides is 3. The fourth-order valence-electron chi connectivity index (χ4n) is 3.87. The van der Waals surface area contributed by atoms with E-state index in [-0.39, 0.29) is 24.1 Å². The predicted molar refractivity (Wildman–Crippen MR) is 110 cm³/mol. The molecule has 0 aromatic heterocycles. The van der Waals surface area contributed by atoms with Gasteiger partial charge in [0.15, 0.2) is 0 Å². The third-order valence-electron chi connectivity index (χ3n) is 5.50. The standard InChI is InChI=1S/C22H24ClF3N2O2/c23-20-10-9-18(11-19(20)22(24,25)26)27-21(30)28-12-16(17(13-28)14-29)8-4-7-15-5-2-1-3-6-15/h1-3,5-6,9-11,16-17,29H,4,7-8,12-14H2,(H,27,30)/t16-,17-/m1/s1. The Morgan fingerprint density at radius 2 is 1.83 bits per heavy atom. The summed E-state index contributed by atoms with van der Waals surface area (Å²) in [6, 6.07) is 12.9. The van der Waals surface area contributed by atoms with E-state index in [0.29, 0.717) is 13.1 Å². The smallest absolute Gasteiger partial charge is 0.396 e. The molecular weight excluding hydrogens is 417 g/mol. The van der Waals surface area contributed by atoms with Gasteiger partial charge in [-0.15, -0.1) is 0 Å². The first-order valence-electron chi connectivity index (χ1n) is 9.85. The van der Waals surface area contributed by atoms with Crippen LogP contribution in [0.4, 0.5) is 23.7 Å². The molecule has 2 aromatic rings. The number of likely N-dealkylation sites (tertiary alicyclic amines) is 1. The minimum absolute atomic E-state index is 0.0288. The van der Waals surface area contributed by atoms with E-state index >= 15 is 0 Å².